The van der Waals surface area contributed by atoms with E-state index in [9.17, 15) is 19.8 Å². The van der Waals surface area contributed by atoms with Crippen LogP contribution in [0.5, 0.6) is 0 Å². The summed E-state index contributed by atoms with van der Waals surface area (Å²) in [5.74, 6) is -1.08. The van der Waals surface area contributed by atoms with Gasteiger partial charge in [-0.1, -0.05) is 13.2 Å². The highest BCUT2D eigenvalue weighted by atomic mass is 28.5. The van der Waals surface area contributed by atoms with Crippen LogP contribution in [0.4, 0.5) is 0 Å². The summed E-state index contributed by atoms with van der Waals surface area (Å²) < 4.78 is 41.6. The van der Waals surface area contributed by atoms with Gasteiger partial charge in [0.25, 0.3) is 0 Å². The zero-order chi connectivity index (χ0) is 33.5. The molecule has 0 aliphatic carbocycles. The molecule has 252 valence electrons. The lowest BCUT2D eigenvalue weighted by molar-refractivity contribution is -0.143. The van der Waals surface area contributed by atoms with Gasteiger partial charge in [-0.05, 0) is 91.2 Å². The van der Waals surface area contributed by atoms with E-state index in [4.69, 9.17) is 31.3 Å². The number of esters is 2. The molecule has 0 aliphatic rings. The highest BCUT2D eigenvalue weighted by molar-refractivity contribution is 6.89. The van der Waals surface area contributed by atoms with Crippen molar-refractivity contribution in [2.24, 2.45) is 0 Å². The zero-order valence-corrected chi connectivity index (χ0v) is 32.2. The van der Waals surface area contributed by atoms with Crippen LogP contribution in [-0.4, -0.2) is 108 Å². The van der Waals surface area contributed by atoms with Gasteiger partial charge >= 0.3 is 29.1 Å². The highest BCUT2D eigenvalue weighted by Crippen LogP contribution is 2.30. The van der Waals surface area contributed by atoms with Crippen LogP contribution in [0.1, 0.15) is 26.7 Å². The number of ether oxygens (including phenoxy) is 4. The van der Waals surface area contributed by atoms with E-state index in [2.05, 4.69) is 65.5 Å². The first-order chi connectivity index (χ1) is 19.6. The first-order valence-electron chi connectivity index (χ1n) is 14.8. The quantitative estimate of drug-likeness (QED) is 0.0638. The van der Waals surface area contributed by atoms with Crippen LogP contribution in [0.2, 0.25) is 64.5 Å². The normalized spacial score (nSPS) is 16.5. The van der Waals surface area contributed by atoms with E-state index < -0.39 is 57.9 Å². The van der Waals surface area contributed by atoms with E-state index in [1.54, 1.807) is 13.8 Å². The van der Waals surface area contributed by atoms with E-state index in [0.29, 0.717) is 38.1 Å². The summed E-state index contributed by atoms with van der Waals surface area (Å²) in [5, 5.41) is 20.1. The fraction of sp³-hybridized carbons (Fsp3) is 0.786. The molecule has 0 spiro atoms. The molecule has 4 atom stereocenters. The lowest BCUT2D eigenvalue weighted by Crippen LogP contribution is -2.58. The van der Waals surface area contributed by atoms with Gasteiger partial charge in [0.05, 0.1) is 13.2 Å². The van der Waals surface area contributed by atoms with Gasteiger partial charge < -0.3 is 41.5 Å². The molecule has 0 rings (SSSR count). The van der Waals surface area contributed by atoms with Crippen LogP contribution in [0, 0.1) is 0 Å². The van der Waals surface area contributed by atoms with Gasteiger partial charge in [-0.2, -0.15) is 0 Å². The minimum Gasteiger partial charge on any atom is -0.460 e. The summed E-state index contributed by atoms with van der Waals surface area (Å²) in [6, 6.07) is 1.39. The molecule has 0 bridgehead atoms. The summed E-state index contributed by atoms with van der Waals surface area (Å²) in [6.07, 6.45) is -0.478. The summed E-state index contributed by atoms with van der Waals surface area (Å²) in [6.45, 7) is 27.8. The third kappa shape index (κ3) is 22.2. The number of hydrogen-bond acceptors (Lipinski definition) is 11. The monoisotopic (exact) mass is 682 g/mol. The first kappa shape index (κ1) is 42.0. The molecule has 0 aromatic rings. The molecule has 0 radical (unpaired) electrons. The Balaban J connectivity index is 5.09. The number of rotatable bonds is 24. The number of aliphatic hydroxyl groups excluding tert-OH is 2. The number of hydrogen-bond donors (Lipinski definition) is 2. The third-order valence-corrected chi connectivity index (χ3v) is 19.8. The molecular weight excluding hydrogens is 625 g/mol. The van der Waals surface area contributed by atoms with Gasteiger partial charge in [0.2, 0.25) is 0 Å². The topological polar surface area (TPSA) is 139 Å². The molecule has 0 fully saturated rings. The van der Waals surface area contributed by atoms with Crippen LogP contribution < -0.4 is 0 Å². The minimum absolute atomic E-state index is 0.0493. The fourth-order valence-corrected chi connectivity index (χ4v) is 22.4. The number of aliphatic hydroxyl groups is 2. The van der Waals surface area contributed by atoms with Crippen molar-refractivity contribution in [2.75, 3.05) is 39.6 Å². The molecule has 0 aromatic carbocycles. The van der Waals surface area contributed by atoms with Crippen molar-refractivity contribution in [3.63, 3.8) is 0 Å². The average molecular weight is 683 g/mol. The van der Waals surface area contributed by atoms with Crippen molar-refractivity contribution in [1.82, 2.24) is 0 Å². The van der Waals surface area contributed by atoms with Crippen molar-refractivity contribution in [3.8, 4) is 0 Å². The van der Waals surface area contributed by atoms with E-state index in [0.717, 1.165) is 0 Å². The lowest BCUT2D eigenvalue weighted by Gasteiger charge is -2.43. The molecule has 11 nitrogen and oxygen atoms in total. The third-order valence-electron chi connectivity index (χ3n) is 5.45. The highest BCUT2D eigenvalue weighted by Gasteiger charge is 2.46. The second-order valence-electron chi connectivity index (χ2n) is 13.2. The summed E-state index contributed by atoms with van der Waals surface area (Å²) in [4.78, 5) is 23.0. The smallest absolute Gasteiger partial charge is 0.333 e. The SMILES string of the molecule is C=C(C)C(=O)OCC(O)COCCC[Si](C)(O[Si](C)(C)C)O[Si](C)(CCCOCC(O)COC(=O)C(=C)C)O[Si](C)(C)C. The lowest BCUT2D eigenvalue weighted by atomic mass is 10.3. The predicted octanol–water partition coefficient (Wildman–Crippen LogP) is 4.62. The van der Waals surface area contributed by atoms with Crippen molar-refractivity contribution in [3.05, 3.63) is 24.3 Å². The van der Waals surface area contributed by atoms with Gasteiger partial charge in [-0.15, -0.1) is 0 Å². The molecular formula is C28H58O11Si4. The Hall–Kier alpha value is -0.992. The molecule has 4 unspecified atom stereocenters. The van der Waals surface area contributed by atoms with Gasteiger partial charge in [0, 0.05) is 24.4 Å². The molecule has 43 heavy (non-hydrogen) atoms. The van der Waals surface area contributed by atoms with Gasteiger partial charge in [0.15, 0.2) is 16.6 Å². The molecule has 0 amide bonds. The Morgan fingerprint density at radius 2 is 0.930 bits per heavy atom. The Labute approximate surface area is 263 Å². The minimum atomic E-state index is -2.69. The standard InChI is InChI=1S/C28H58O11Si4/c1-23(2)27(31)35-21-25(29)19-33-15-13-17-42(11,37-40(5,6)7)39-43(12,38-41(8,9)10)18-14-16-34-20-26(30)22-36-28(32)24(3)4/h25-26,29-30H,1,3,13-22H2,2,4-12H3. The molecule has 0 heterocycles. The van der Waals surface area contributed by atoms with E-state index in [1.165, 1.54) is 0 Å². The number of carbonyl (C=O) groups is 2. The largest absolute Gasteiger partial charge is 0.460 e. The van der Waals surface area contributed by atoms with Crippen LogP contribution in [0.25, 0.3) is 0 Å². The van der Waals surface area contributed by atoms with Crippen molar-refractivity contribution < 1.29 is 51.1 Å². The second-order valence-corrected chi connectivity index (χ2v) is 29.7. The molecule has 2 N–H and O–H groups in total. The maximum Gasteiger partial charge on any atom is 0.333 e. The second kappa shape index (κ2) is 19.5. The van der Waals surface area contributed by atoms with Crippen molar-refractivity contribution in [2.45, 2.75) is 103 Å². The number of carbonyl (C=O) groups excluding carboxylic acids is 2. The van der Waals surface area contributed by atoms with Crippen LogP contribution in [0.15, 0.2) is 24.3 Å². The predicted molar refractivity (Wildman–Crippen MR) is 177 cm³/mol. The molecule has 0 aliphatic heterocycles. The van der Waals surface area contributed by atoms with Crippen LogP contribution in [-0.2, 0) is 40.9 Å². The molecule has 0 saturated heterocycles. The van der Waals surface area contributed by atoms with Gasteiger partial charge in [-0.3, -0.25) is 0 Å². The van der Waals surface area contributed by atoms with Crippen molar-refractivity contribution >= 4 is 45.7 Å². The van der Waals surface area contributed by atoms with E-state index in [-0.39, 0.29) is 37.6 Å². The van der Waals surface area contributed by atoms with Gasteiger partial charge in [0.1, 0.15) is 25.4 Å². The Morgan fingerprint density at radius 3 is 1.21 bits per heavy atom. The molecule has 0 saturated carbocycles. The van der Waals surface area contributed by atoms with E-state index in [1.807, 2.05) is 0 Å². The average Bonchev–Trinajstić information content (AvgIpc) is 2.82. The van der Waals surface area contributed by atoms with Crippen LogP contribution >= 0.6 is 0 Å². The van der Waals surface area contributed by atoms with Crippen molar-refractivity contribution in [1.29, 1.82) is 0 Å². The van der Waals surface area contributed by atoms with Crippen LogP contribution in [0.3, 0.4) is 0 Å². The van der Waals surface area contributed by atoms with Gasteiger partial charge in [-0.25, -0.2) is 9.59 Å². The molecule has 15 heteroatoms. The summed E-state index contributed by atoms with van der Waals surface area (Å²) >= 11 is 0. The maximum atomic E-state index is 11.5. The van der Waals surface area contributed by atoms with E-state index >= 15 is 0 Å². The Morgan fingerprint density at radius 1 is 0.605 bits per heavy atom. The zero-order valence-electron chi connectivity index (χ0n) is 28.2. The first-order valence-corrected chi connectivity index (χ1v) is 26.7. The Bertz CT molecular complexity index is 821. The maximum absolute atomic E-state index is 11.5. The fourth-order valence-electron chi connectivity index (χ4n) is 4.11. The summed E-state index contributed by atoms with van der Waals surface area (Å²) in [7, 11) is -9.32. The molecule has 0 aromatic heterocycles. The summed E-state index contributed by atoms with van der Waals surface area (Å²) in [5.41, 5.74) is 0.553. The Kier molecular flexibility index (Phi) is 19.1.